The van der Waals surface area contributed by atoms with Crippen LogP contribution in [0.15, 0.2) is 6.07 Å². The first kappa shape index (κ1) is 9.99. The van der Waals surface area contributed by atoms with Crippen molar-refractivity contribution in [1.29, 1.82) is 0 Å². The van der Waals surface area contributed by atoms with Gasteiger partial charge in [-0.2, -0.15) is 0 Å². The van der Waals surface area contributed by atoms with Crippen molar-refractivity contribution in [3.8, 4) is 0 Å². The lowest BCUT2D eigenvalue weighted by molar-refractivity contribution is -0.116. The molecule has 0 unspecified atom stereocenters. The molecule has 0 fully saturated rings. The van der Waals surface area contributed by atoms with Crippen LogP contribution >= 0.6 is 22.9 Å². The highest BCUT2D eigenvalue weighted by atomic mass is 35.5. The molecule has 0 aromatic carbocycles. The smallest absolute Gasteiger partial charge is 0.224 e. The second kappa shape index (κ2) is 4.32. The standard InChI is InChI=1S/C10H12ClNOS/c11-5-4-7-6-8-9(14-7)2-1-3-10(13)12-8/h6H,1-5H2,(H,12,13). The van der Waals surface area contributed by atoms with Crippen LogP contribution in [0.25, 0.3) is 0 Å². The Labute approximate surface area is 92.3 Å². The largest absolute Gasteiger partial charge is 0.325 e. The van der Waals surface area contributed by atoms with Gasteiger partial charge in [0.15, 0.2) is 0 Å². The normalized spacial score (nSPS) is 15.9. The predicted molar refractivity (Wildman–Crippen MR) is 60.3 cm³/mol. The minimum Gasteiger partial charge on any atom is -0.325 e. The quantitative estimate of drug-likeness (QED) is 0.777. The zero-order valence-electron chi connectivity index (χ0n) is 7.81. The summed E-state index contributed by atoms with van der Waals surface area (Å²) in [6.45, 7) is 0. The maximum atomic E-state index is 11.3. The van der Waals surface area contributed by atoms with Crippen LogP contribution in [0.1, 0.15) is 22.6 Å². The topological polar surface area (TPSA) is 29.1 Å². The van der Waals surface area contributed by atoms with E-state index in [2.05, 4.69) is 11.4 Å². The molecule has 2 heterocycles. The molecule has 76 valence electrons. The monoisotopic (exact) mass is 229 g/mol. The summed E-state index contributed by atoms with van der Waals surface area (Å²) >= 11 is 7.46. The van der Waals surface area contributed by atoms with E-state index in [0.717, 1.165) is 24.9 Å². The number of carbonyl (C=O) groups excluding carboxylic acids is 1. The molecular formula is C10H12ClNOS. The lowest BCUT2D eigenvalue weighted by Gasteiger charge is -1.97. The van der Waals surface area contributed by atoms with Gasteiger partial charge in [0, 0.05) is 22.1 Å². The van der Waals surface area contributed by atoms with Gasteiger partial charge in [-0.05, 0) is 25.3 Å². The summed E-state index contributed by atoms with van der Waals surface area (Å²) in [4.78, 5) is 13.9. The van der Waals surface area contributed by atoms with Crippen molar-refractivity contribution in [2.75, 3.05) is 11.2 Å². The van der Waals surface area contributed by atoms with E-state index in [4.69, 9.17) is 11.6 Å². The molecule has 1 aliphatic heterocycles. The summed E-state index contributed by atoms with van der Waals surface area (Å²) in [6, 6.07) is 2.06. The van der Waals surface area contributed by atoms with E-state index in [1.165, 1.54) is 9.75 Å². The van der Waals surface area contributed by atoms with E-state index < -0.39 is 0 Å². The summed E-state index contributed by atoms with van der Waals surface area (Å²) in [6.07, 6.45) is 3.52. The van der Waals surface area contributed by atoms with Gasteiger partial charge >= 0.3 is 0 Å². The van der Waals surface area contributed by atoms with E-state index in [0.29, 0.717) is 12.3 Å². The van der Waals surface area contributed by atoms with E-state index in [1.54, 1.807) is 11.3 Å². The molecule has 2 rings (SSSR count). The van der Waals surface area contributed by atoms with Crippen LogP contribution in [-0.2, 0) is 17.6 Å². The van der Waals surface area contributed by atoms with Gasteiger partial charge in [-0.15, -0.1) is 22.9 Å². The number of carbonyl (C=O) groups is 1. The first-order chi connectivity index (χ1) is 6.79. The summed E-state index contributed by atoms with van der Waals surface area (Å²) in [5.74, 6) is 0.784. The van der Waals surface area contributed by atoms with Crippen LogP contribution in [0.3, 0.4) is 0 Å². The fourth-order valence-corrected chi connectivity index (χ4v) is 3.09. The minimum atomic E-state index is 0.138. The average molecular weight is 230 g/mol. The summed E-state index contributed by atoms with van der Waals surface area (Å²) < 4.78 is 0. The maximum absolute atomic E-state index is 11.3. The van der Waals surface area contributed by atoms with Gasteiger partial charge in [-0.1, -0.05) is 0 Å². The van der Waals surface area contributed by atoms with Gasteiger partial charge in [0.1, 0.15) is 0 Å². The number of rotatable bonds is 2. The first-order valence-electron chi connectivity index (χ1n) is 4.77. The Morgan fingerprint density at radius 3 is 3.14 bits per heavy atom. The third-order valence-corrected chi connectivity index (χ3v) is 3.73. The second-order valence-electron chi connectivity index (χ2n) is 3.39. The molecule has 0 aliphatic carbocycles. The highest BCUT2D eigenvalue weighted by Crippen LogP contribution is 2.31. The van der Waals surface area contributed by atoms with E-state index >= 15 is 0 Å². The Morgan fingerprint density at radius 2 is 2.36 bits per heavy atom. The predicted octanol–water partition coefficient (Wildman–Crippen LogP) is 2.80. The van der Waals surface area contributed by atoms with Gasteiger partial charge < -0.3 is 5.32 Å². The molecule has 1 amide bonds. The van der Waals surface area contributed by atoms with E-state index in [1.807, 2.05) is 0 Å². The van der Waals surface area contributed by atoms with Crippen molar-refractivity contribution < 1.29 is 4.79 Å². The second-order valence-corrected chi connectivity index (χ2v) is 4.99. The SMILES string of the molecule is O=C1CCCc2sc(CCCl)cc2N1. The molecule has 0 saturated carbocycles. The number of hydrogen-bond donors (Lipinski definition) is 1. The number of fused-ring (bicyclic) bond motifs is 1. The number of aryl methyl sites for hydroxylation is 2. The number of alkyl halides is 1. The number of amides is 1. The zero-order valence-corrected chi connectivity index (χ0v) is 9.38. The van der Waals surface area contributed by atoms with Crippen LogP contribution in [0.2, 0.25) is 0 Å². The number of hydrogen-bond acceptors (Lipinski definition) is 2. The molecular weight excluding hydrogens is 218 g/mol. The number of anilines is 1. The summed E-state index contributed by atoms with van der Waals surface area (Å²) in [7, 11) is 0. The molecule has 1 aromatic rings. The highest BCUT2D eigenvalue weighted by Gasteiger charge is 2.15. The minimum absolute atomic E-state index is 0.138. The van der Waals surface area contributed by atoms with Gasteiger partial charge in [0.05, 0.1) is 5.69 Å². The van der Waals surface area contributed by atoms with Crippen LogP contribution in [-0.4, -0.2) is 11.8 Å². The first-order valence-corrected chi connectivity index (χ1v) is 6.12. The molecule has 4 heteroatoms. The van der Waals surface area contributed by atoms with Gasteiger partial charge in [0.25, 0.3) is 0 Å². The molecule has 0 radical (unpaired) electrons. The zero-order chi connectivity index (χ0) is 9.97. The van der Waals surface area contributed by atoms with E-state index in [9.17, 15) is 4.79 Å². The highest BCUT2D eigenvalue weighted by molar-refractivity contribution is 7.12. The van der Waals surface area contributed by atoms with Gasteiger partial charge in [-0.3, -0.25) is 4.79 Å². The lowest BCUT2D eigenvalue weighted by atomic mass is 10.2. The van der Waals surface area contributed by atoms with Crippen molar-refractivity contribution >= 4 is 34.5 Å². The molecule has 2 nitrogen and oxygen atoms in total. The number of thiophene rings is 1. The fraction of sp³-hybridized carbons (Fsp3) is 0.500. The molecule has 1 N–H and O–H groups in total. The third-order valence-electron chi connectivity index (χ3n) is 2.28. The summed E-state index contributed by atoms with van der Waals surface area (Å²) in [5, 5.41) is 2.93. The van der Waals surface area contributed by atoms with Gasteiger partial charge in [-0.25, -0.2) is 0 Å². The van der Waals surface area contributed by atoms with Crippen molar-refractivity contribution in [2.24, 2.45) is 0 Å². The third kappa shape index (κ3) is 2.10. The average Bonchev–Trinajstić information content (AvgIpc) is 2.41. The Balaban J connectivity index is 2.22. The molecule has 0 atom stereocenters. The molecule has 1 aliphatic rings. The molecule has 0 saturated heterocycles. The summed E-state index contributed by atoms with van der Waals surface area (Å²) in [5.41, 5.74) is 1.01. The molecule has 1 aromatic heterocycles. The van der Waals surface area contributed by atoms with Crippen molar-refractivity contribution in [1.82, 2.24) is 0 Å². The molecule has 0 bridgehead atoms. The number of halogens is 1. The van der Waals surface area contributed by atoms with Crippen LogP contribution in [0.5, 0.6) is 0 Å². The Kier molecular flexibility index (Phi) is 3.08. The molecule has 0 spiro atoms. The van der Waals surface area contributed by atoms with Crippen LogP contribution in [0.4, 0.5) is 5.69 Å². The Hall–Kier alpha value is -0.540. The van der Waals surface area contributed by atoms with Crippen LogP contribution < -0.4 is 5.32 Å². The fourth-order valence-electron chi connectivity index (χ4n) is 1.61. The van der Waals surface area contributed by atoms with Crippen molar-refractivity contribution in [3.63, 3.8) is 0 Å². The number of nitrogens with one attached hydrogen (secondary N) is 1. The van der Waals surface area contributed by atoms with Crippen LogP contribution in [0, 0.1) is 0 Å². The van der Waals surface area contributed by atoms with E-state index in [-0.39, 0.29) is 5.91 Å². The van der Waals surface area contributed by atoms with Crippen molar-refractivity contribution in [3.05, 3.63) is 15.8 Å². The van der Waals surface area contributed by atoms with Gasteiger partial charge in [0.2, 0.25) is 5.91 Å². The Morgan fingerprint density at radius 1 is 1.50 bits per heavy atom. The maximum Gasteiger partial charge on any atom is 0.224 e. The Bertz CT molecular complexity index is 348. The molecule has 14 heavy (non-hydrogen) atoms. The van der Waals surface area contributed by atoms with Crippen molar-refractivity contribution in [2.45, 2.75) is 25.7 Å². The lowest BCUT2D eigenvalue weighted by Crippen LogP contribution is -2.08.